The molecule has 3 aliphatic heterocycles. The highest BCUT2D eigenvalue weighted by Gasteiger charge is 2.50. The lowest BCUT2D eigenvalue weighted by atomic mass is 9.93. The zero-order chi connectivity index (χ0) is 17.6. The highest BCUT2D eigenvalue weighted by molar-refractivity contribution is 7.80. The van der Waals surface area contributed by atoms with Crippen LogP contribution in [0.4, 0.5) is 4.79 Å². The molecule has 2 N–H and O–H groups in total. The van der Waals surface area contributed by atoms with Gasteiger partial charge < -0.3 is 14.6 Å². The van der Waals surface area contributed by atoms with Crippen LogP contribution in [0.2, 0.25) is 0 Å². The zero-order valence-electron chi connectivity index (χ0n) is 13.4. The lowest BCUT2D eigenvalue weighted by molar-refractivity contribution is -0.0393. The van der Waals surface area contributed by atoms with E-state index < -0.39 is 22.5 Å². The molecule has 11 nitrogen and oxygen atoms in total. The lowest BCUT2D eigenvalue weighted by Crippen LogP contribution is -2.39. The molecule has 0 saturated carbocycles. The van der Waals surface area contributed by atoms with E-state index in [0.717, 1.165) is 25.9 Å². The van der Waals surface area contributed by atoms with E-state index in [-0.39, 0.29) is 18.4 Å². The molecule has 2 amide bonds. The minimum Gasteiger partial charge on any atom is -0.425 e. The van der Waals surface area contributed by atoms with Crippen LogP contribution in [0.5, 0.6) is 0 Å². The molecule has 1 aromatic rings. The number of nitrogens with zero attached hydrogens (tertiary/aromatic N) is 4. The summed E-state index contributed by atoms with van der Waals surface area (Å²) in [6.07, 6.45) is 2.38. The number of amides is 2. The van der Waals surface area contributed by atoms with Gasteiger partial charge in [-0.05, 0) is 32.4 Å². The molecule has 3 fully saturated rings. The molecule has 4 rings (SSSR count). The van der Waals surface area contributed by atoms with Gasteiger partial charge in [0.25, 0.3) is 0 Å². The Balaban J connectivity index is 1.56. The first-order valence-corrected chi connectivity index (χ1v) is 9.58. The van der Waals surface area contributed by atoms with E-state index in [9.17, 15) is 13.2 Å². The molecule has 0 unspecified atom stereocenters. The Morgan fingerprint density at radius 3 is 2.64 bits per heavy atom. The van der Waals surface area contributed by atoms with E-state index in [4.69, 9.17) is 8.97 Å². The molecule has 4 heterocycles. The van der Waals surface area contributed by atoms with E-state index in [2.05, 4.69) is 19.8 Å². The number of hydrogen-bond donors (Lipinski definition) is 2. The van der Waals surface area contributed by atoms with Crippen molar-refractivity contribution >= 4 is 16.4 Å². The minimum absolute atomic E-state index is 0.206. The van der Waals surface area contributed by atoms with Gasteiger partial charge in [-0.15, -0.1) is 14.5 Å². The molecule has 0 aliphatic carbocycles. The monoisotopic (exact) mass is 373 g/mol. The number of carbonyl (C=O) groups is 1. The van der Waals surface area contributed by atoms with Gasteiger partial charge in [-0.3, -0.25) is 4.55 Å². The molecule has 25 heavy (non-hydrogen) atoms. The van der Waals surface area contributed by atoms with Crippen molar-refractivity contribution in [3.05, 3.63) is 11.8 Å². The zero-order valence-corrected chi connectivity index (χ0v) is 14.2. The number of nitrogens with one attached hydrogen (secondary N) is 1. The molecule has 3 aliphatic rings. The lowest BCUT2D eigenvalue weighted by Gasteiger charge is -2.27. The molecule has 12 heteroatoms. The molecular formula is C13H19N5O6S. The van der Waals surface area contributed by atoms with E-state index in [1.165, 1.54) is 4.90 Å². The summed E-state index contributed by atoms with van der Waals surface area (Å²) in [4.78, 5) is 13.6. The van der Waals surface area contributed by atoms with Crippen molar-refractivity contribution in [2.75, 3.05) is 26.2 Å². The normalized spacial score (nSPS) is 28.0. The molecule has 138 valence electrons. The summed E-state index contributed by atoms with van der Waals surface area (Å²) in [5.74, 6) is 0.813. The van der Waals surface area contributed by atoms with Gasteiger partial charge in [0.05, 0.1) is 12.0 Å². The van der Waals surface area contributed by atoms with Crippen LogP contribution >= 0.6 is 0 Å². The third-order valence-corrected chi connectivity index (χ3v) is 5.33. The van der Waals surface area contributed by atoms with Gasteiger partial charge in [-0.2, -0.15) is 13.5 Å². The number of fused-ring (bicyclic) bond motifs is 2. The molecule has 0 aromatic carbocycles. The summed E-state index contributed by atoms with van der Waals surface area (Å²) in [5, 5.41) is 12.2. The predicted octanol–water partition coefficient (Wildman–Crippen LogP) is -0.135. The average Bonchev–Trinajstić information content (AvgIpc) is 3.16. The van der Waals surface area contributed by atoms with Crippen molar-refractivity contribution < 1.29 is 26.5 Å². The van der Waals surface area contributed by atoms with Crippen LogP contribution in [-0.2, 0) is 14.7 Å². The fraction of sp³-hybridized carbons (Fsp3) is 0.769. The Bertz CT molecular complexity index is 761. The first kappa shape index (κ1) is 16.7. The van der Waals surface area contributed by atoms with Crippen LogP contribution < -0.4 is 5.32 Å². The molecule has 0 radical (unpaired) electrons. The molecule has 2 atom stereocenters. The molecular weight excluding hydrogens is 354 g/mol. The summed E-state index contributed by atoms with van der Waals surface area (Å²) in [5.41, 5.74) is 0. The Hall–Kier alpha value is -1.76. The summed E-state index contributed by atoms with van der Waals surface area (Å²) in [7, 11) is -4.79. The smallest absolute Gasteiger partial charge is 0.418 e. The van der Waals surface area contributed by atoms with Crippen molar-refractivity contribution in [3.63, 3.8) is 0 Å². The quantitative estimate of drug-likeness (QED) is 0.691. The van der Waals surface area contributed by atoms with Crippen LogP contribution in [-0.4, -0.2) is 71.4 Å². The van der Waals surface area contributed by atoms with E-state index in [1.54, 1.807) is 0 Å². The van der Waals surface area contributed by atoms with Crippen molar-refractivity contribution in [2.45, 2.75) is 37.1 Å². The molecule has 0 spiro atoms. The number of urea groups is 1. The number of rotatable bonds is 4. The second kappa shape index (κ2) is 6.20. The van der Waals surface area contributed by atoms with Crippen molar-refractivity contribution in [1.29, 1.82) is 0 Å². The number of carbonyl (C=O) groups excluding carboxylic acids is 1. The fourth-order valence-electron chi connectivity index (χ4n) is 3.73. The highest BCUT2D eigenvalue weighted by Crippen LogP contribution is 2.37. The second-order valence-corrected chi connectivity index (χ2v) is 7.53. The number of hydroxylamine groups is 2. The van der Waals surface area contributed by atoms with Crippen LogP contribution in [0.3, 0.4) is 0 Å². The van der Waals surface area contributed by atoms with Crippen molar-refractivity contribution in [1.82, 2.24) is 25.5 Å². The summed E-state index contributed by atoms with van der Waals surface area (Å²) < 4.78 is 41.3. The molecule has 2 bridgehead atoms. The topological polar surface area (TPSA) is 138 Å². The second-order valence-electron chi connectivity index (χ2n) is 6.52. The summed E-state index contributed by atoms with van der Waals surface area (Å²) in [6.45, 7) is 2.50. The average molecular weight is 373 g/mol. The Morgan fingerprint density at radius 1 is 1.20 bits per heavy atom. The van der Waals surface area contributed by atoms with Crippen LogP contribution in [0.25, 0.3) is 0 Å². The van der Waals surface area contributed by atoms with E-state index in [0.29, 0.717) is 29.8 Å². The third-order valence-electron chi connectivity index (χ3n) is 4.98. The fourth-order valence-corrected chi connectivity index (χ4v) is 4.11. The van der Waals surface area contributed by atoms with Gasteiger partial charge in [-0.25, -0.2) is 4.79 Å². The van der Waals surface area contributed by atoms with Crippen molar-refractivity contribution in [2.24, 2.45) is 0 Å². The number of aromatic nitrogens is 2. The van der Waals surface area contributed by atoms with Crippen LogP contribution in [0.15, 0.2) is 4.42 Å². The van der Waals surface area contributed by atoms with Gasteiger partial charge >= 0.3 is 16.4 Å². The Labute approximate surface area is 144 Å². The molecule has 1 aromatic heterocycles. The Morgan fingerprint density at radius 2 is 1.92 bits per heavy atom. The predicted molar refractivity (Wildman–Crippen MR) is 81.7 cm³/mol. The summed E-state index contributed by atoms with van der Waals surface area (Å²) in [6, 6.07) is -1.20. The largest absolute Gasteiger partial charge is 0.425 e. The maximum atomic E-state index is 12.2. The Kier molecular flexibility index (Phi) is 4.14. The van der Waals surface area contributed by atoms with Gasteiger partial charge in [0.2, 0.25) is 11.8 Å². The highest BCUT2D eigenvalue weighted by atomic mass is 32.3. The maximum absolute atomic E-state index is 12.2. The van der Waals surface area contributed by atoms with Crippen LogP contribution in [0.1, 0.15) is 42.9 Å². The van der Waals surface area contributed by atoms with Gasteiger partial charge in [0.15, 0.2) is 0 Å². The van der Waals surface area contributed by atoms with Gasteiger partial charge in [-0.1, -0.05) is 0 Å². The van der Waals surface area contributed by atoms with Crippen LogP contribution in [0, 0.1) is 0 Å². The van der Waals surface area contributed by atoms with Gasteiger partial charge in [0, 0.05) is 19.0 Å². The number of hydrogen-bond acceptors (Lipinski definition) is 8. The molecule has 3 saturated heterocycles. The SMILES string of the molecule is O=C1N2CC[C@@H](c3nnc(C4CCNCC4)o3)[C@H](C2)N1OS(=O)(=O)O. The first-order chi connectivity index (χ1) is 11.9. The number of piperidine rings is 2. The van der Waals surface area contributed by atoms with E-state index in [1.807, 2.05) is 0 Å². The maximum Gasteiger partial charge on any atom is 0.418 e. The van der Waals surface area contributed by atoms with E-state index >= 15 is 0 Å². The van der Waals surface area contributed by atoms with Gasteiger partial charge in [0.1, 0.15) is 0 Å². The standard InChI is InChI=1S/C13H19N5O6S/c19-13-17-6-3-9(10(7-17)18(13)24-25(20,21)22)12-16-15-11(23-12)8-1-4-14-5-2-8/h8-10,14H,1-7H2,(H,20,21,22)/t9-,10+/m1/s1. The first-order valence-electron chi connectivity index (χ1n) is 8.21. The summed E-state index contributed by atoms with van der Waals surface area (Å²) >= 11 is 0. The minimum atomic E-state index is -4.79. The van der Waals surface area contributed by atoms with Crippen molar-refractivity contribution in [3.8, 4) is 0 Å². The third kappa shape index (κ3) is 3.21.